The second kappa shape index (κ2) is 9.99. The summed E-state index contributed by atoms with van der Waals surface area (Å²) in [5, 5.41) is 12.4. The van der Waals surface area contributed by atoms with Gasteiger partial charge in [0.15, 0.2) is 12.0 Å². The Labute approximate surface area is 172 Å². The number of amides is 2. The molecule has 152 valence electrons. The molecule has 0 aliphatic heterocycles. The molecule has 3 N–H and O–H groups in total. The molecule has 0 aliphatic rings. The monoisotopic (exact) mass is 414 g/mol. The van der Waals surface area contributed by atoms with E-state index in [9.17, 15) is 9.59 Å². The topological polar surface area (TPSA) is 101 Å². The van der Waals surface area contributed by atoms with Crippen LogP contribution in [0.1, 0.15) is 33.8 Å². The van der Waals surface area contributed by atoms with Crippen molar-refractivity contribution in [3.05, 3.63) is 65.9 Å². The van der Waals surface area contributed by atoms with Crippen molar-refractivity contribution in [2.45, 2.75) is 19.1 Å². The van der Waals surface area contributed by atoms with E-state index < -0.39 is 12.1 Å². The molecule has 1 aromatic heterocycles. The zero-order valence-electron chi connectivity index (χ0n) is 15.9. The molecule has 0 saturated carbocycles. The molecule has 0 aliphatic carbocycles. The summed E-state index contributed by atoms with van der Waals surface area (Å²) < 4.78 is 11.5. The van der Waals surface area contributed by atoms with E-state index in [4.69, 9.17) is 14.4 Å². The maximum atomic E-state index is 12.7. The van der Waals surface area contributed by atoms with Gasteiger partial charge in [-0.15, -0.1) is 0 Å². The van der Waals surface area contributed by atoms with E-state index in [0.29, 0.717) is 23.3 Å². The fourth-order valence-electron chi connectivity index (χ4n) is 2.80. The Kier molecular flexibility index (Phi) is 7.15. The lowest BCUT2D eigenvalue weighted by Crippen LogP contribution is -2.39. The Bertz CT molecular complexity index is 938. The highest BCUT2D eigenvalue weighted by molar-refractivity contribution is 7.98. The third kappa shape index (κ3) is 5.52. The summed E-state index contributed by atoms with van der Waals surface area (Å²) in [6.07, 6.45) is 2.94. The predicted molar refractivity (Wildman–Crippen MR) is 111 cm³/mol. The number of thioether (sulfide) groups is 1. The molecule has 0 bridgehead atoms. The fraction of sp³-hybridized carbons (Fsp3) is 0.238. The van der Waals surface area contributed by atoms with Crippen LogP contribution in [-0.4, -0.2) is 35.3 Å². The van der Waals surface area contributed by atoms with Crippen LogP contribution in [-0.2, 0) is 0 Å². The molecule has 2 amide bonds. The fourth-order valence-corrected chi connectivity index (χ4v) is 3.25. The summed E-state index contributed by atoms with van der Waals surface area (Å²) in [6, 6.07) is 15.4. The number of ether oxygens (including phenoxy) is 1. The van der Waals surface area contributed by atoms with Gasteiger partial charge in [0.2, 0.25) is 0 Å². The SMILES string of the molecule is CSCCCC(NC(=O)c1cc2ccccc2o1)Oc1ccc(C(=O)NO)cc1. The summed E-state index contributed by atoms with van der Waals surface area (Å²) in [7, 11) is 0. The van der Waals surface area contributed by atoms with Crippen LogP contribution < -0.4 is 15.5 Å². The van der Waals surface area contributed by atoms with E-state index in [1.165, 1.54) is 12.1 Å². The standard InChI is InChI=1S/C21H22N2O5S/c1-29-12-4-7-19(27-16-10-8-14(9-11-16)20(24)23-26)22-21(25)18-13-15-5-2-3-6-17(15)28-18/h2-3,5-6,8-11,13,19,26H,4,7,12H2,1H3,(H,22,25)(H,23,24). The quantitative estimate of drug-likeness (QED) is 0.213. The number of carbonyl (C=O) groups is 2. The average Bonchev–Trinajstić information content (AvgIpc) is 3.18. The van der Waals surface area contributed by atoms with E-state index in [1.807, 2.05) is 30.5 Å². The summed E-state index contributed by atoms with van der Waals surface area (Å²) in [6.45, 7) is 0. The first-order chi connectivity index (χ1) is 14.1. The first kappa shape index (κ1) is 20.8. The normalized spacial score (nSPS) is 11.8. The van der Waals surface area contributed by atoms with E-state index in [-0.39, 0.29) is 11.7 Å². The average molecular weight is 414 g/mol. The molecule has 0 fully saturated rings. The van der Waals surface area contributed by atoms with Gasteiger partial charge in [0.05, 0.1) is 0 Å². The van der Waals surface area contributed by atoms with Crippen LogP contribution in [0.15, 0.2) is 59.0 Å². The molecular weight excluding hydrogens is 392 g/mol. The number of hydrogen-bond donors (Lipinski definition) is 3. The van der Waals surface area contributed by atoms with Gasteiger partial charge in [-0.05, 0) is 54.8 Å². The molecule has 1 atom stereocenters. The molecule has 0 radical (unpaired) electrons. The van der Waals surface area contributed by atoms with Crippen molar-refractivity contribution < 1.29 is 24.0 Å². The number of hydroxylamine groups is 1. The molecule has 2 aromatic carbocycles. The molecule has 1 heterocycles. The summed E-state index contributed by atoms with van der Waals surface area (Å²) in [5.41, 5.74) is 2.53. The molecule has 3 aromatic rings. The lowest BCUT2D eigenvalue weighted by atomic mass is 10.2. The number of hydrogen-bond acceptors (Lipinski definition) is 6. The van der Waals surface area contributed by atoms with Crippen LogP contribution in [0.5, 0.6) is 5.75 Å². The van der Waals surface area contributed by atoms with Crippen LogP contribution in [0, 0.1) is 0 Å². The Hall–Kier alpha value is -2.97. The van der Waals surface area contributed by atoms with Crippen LogP contribution in [0.4, 0.5) is 0 Å². The van der Waals surface area contributed by atoms with E-state index in [2.05, 4.69) is 5.32 Å². The zero-order valence-corrected chi connectivity index (χ0v) is 16.7. The summed E-state index contributed by atoms with van der Waals surface area (Å²) >= 11 is 1.72. The molecule has 29 heavy (non-hydrogen) atoms. The second-order valence-electron chi connectivity index (χ2n) is 6.33. The molecule has 0 saturated heterocycles. The lowest BCUT2D eigenvalue weighted by molar-refractivity contribution is 0.0706. The Morgan fingerprint density at radius 2 is 1.90 bits per heavy atom. The maximum absolute atomic E-state index is 12.7. The number of furan rings is 1. The van der Waals surface area contributed by atoms with Crippen molar-refractivity contribution in [1.82, 2.24) is 10.8 Å². The van der Waals surface area contributed by atoms with Crippen molar-refractivity contribution in [2.75, 3.05) is 12.0 Å². The van der Waals surface area contributed by atoms with Gasteiger partial charge in [0, 0.05) is 17.4 Å². The highest BCUT2D eigenvalue weighted by atomic mass is 32.2. The van der Waals surface area contributed by atoms with Gasteiger partial charge in [0.25, 0.3) is 11.8 Å². The first-order valence-corrected chi connectivity index (χ1v) is 10.5. The first-order valence-electron chi connectivity index (χ1n) is 9.10. The number of rotatable bonds is 9. The van der Waals surface area contributed by atoms with Crippen LogP contribution in [0.3, 0.4) is 0 Å². The van der Waals surface area contributed by atoms with Gasteiger partial charge < -0.3 is 14.5 Å². The molecule has 3 rings (SSSR count). The Balaban J connectivity index is 1.70. The summed E-state index contributed by atoms with van der Waals surface area (Å²) in [5.74, 6) is 0.701. The van der Waals surface area contributed by atoms with E-state index in [0.717, 1.165) is 17.6 Å². The van der Waals surface area contributed by atoms with Crippen LogP contribution in [0.2, 0.25) is 0 Å². The molecule has 1 unspecified atom stereocenters. The van der Waals surface area contributed by atoms with E-state index in [1.54, 1.807) is 35.4 Å². The second-order valence-corrected chi connectivity index (χ2v) is 7.31. The minimum atomic E-state index is -0.605. The van der Waals surface area contributed by atoms with Crippen molar-refractivity contribution in [3.8, 4) is 5.75 Å². The van der Waals surface area contributed by atoms with Crippen molar-refractivity contribution in [2.24, 2.45) is 0 Å². The summed E-state index contributed by atoms with van der Waals surface area (Å²) in [4.78, 5) is 24.1. The Morgan fingerprint density at radius 1 is 1.14 bits per heavy atom. The minimum absolute atomic E-state index is 0.222. The largest absolute Gasteiger partial charge is 0.471 e. The van der Waals surface area contributed by atoms with Crippen molar-refractivity contribution in [1.29, 1.82) is 0 Å². The number of carbonyl (C=O) groups excluding carboxylic acids is 2. The highest BCUT2D eigenvalue weighted by Gasteiger charge is 2.18. The zero-order chi connectivity index (χ0) is 20.6. The van der Waals surface area contributed by atoms with Gasteiger partial charge in [-0.1, -0.05) is 18.2 Å². The number of benzene rings is 2. The van der Waals surface area contributed by atoms with Gasteiger partial charge >= 0.3 is 0 Å². The van der Waals surface area contributed by atoms with Crippen molar-refractivity contribution >= 4 is 34.5 Å². The molecule has 7 nitrogen and oxygen atoms in total. The van der Waals surface area contributed by atoms with Gasteiger partial charge in [-0.2, -0.15) is 11.8 Å². The van der Waals surface area contributed by atoms with Gasteiger partial charge in [-0.3, -0.25) is 14.8 Å². The minimum Gasteiger partial charge on any atom is -0.471 e. The van der Waals surface area contributed by atoms with Crippen LogP contribution in [0.25, 0.3) is 11.0 Å². The highest BCUT2D eigenvalue weighted by Crippen LogP contribution is 2.20. The third-order valence-electron chi connectivity index (χ3n) is 4.25. The molecule has 0 spiro atoms. The van der Waals surface area contributed by atoms with Crippen molar-refractivity contribution in [3.63, 3.8) is 0 Å². The molecule has 8 heteroatoms. The number of fused-ring (bicyclic) bond motifs is 1. The van der Waals surface area contributed by atoms with Gasteiger partial charge in [0.1, 0.15) is 11.3 Å². The lowest BCUT2D eigenvalue weighted by Gasteiger charge is -2.20. The maximum Gasteiger partial charge on any atom is 0.289 e. The molecular formula is C21H22N2O5S. The third-order valence-corrected chi connectivity index (χ3v) is 4.95. The van der Waals surface area contributed by atoms with E-state index >= 15 is 0 Å². The number of nitrogens with one attached hydrogen (secondary N) is 2. The van der Waals surface area contributed by atoms with Crippen LogP contribution >= 0.6 is 11.8 Å². The predicted octanol–water partition coefficient (Wildman–Crippen LogP) is 3.83. The number of para-hydroxylation sites is 1. The van der Waals surface area contributed by atoms with Gasteiger partial charge in [-0.25, -0.2) is 5.48 Å². The Morgan fingerprint density at radius 3 is 2.59 bits per heavy atom. The smallest absolute Gasteiger partial charge is 0.289 e.